The minimum Gasteiger partial charge on any atom is -0.503 e. The molecule has 1 fully saturated rings. The fourth-order valence-corrected chi connectivity index (χ4v) is 6.00. The smallest absolute Gasteiger partial charge is 0.224 e. The highest BCUT2D eigenvalue weighted by Gasteiger charge is 2.56. The number of carbonyl (C=O) groups excluding carboxylic acids is 1. The Bertz CT molecular complexity index is 1370. The number of aromatic hydroxyl groups is 1. The molecule has 1 spiro atoms. The van der Waals surface area contributed by atoms with E-state index < -0.39 is 34.3 Å². The summed E-state index contributed by atoms with van der Waals surface area (Å²) in [6.45, 7) is 0.350. The maximum Gasteiger partial charge on any atom is 0.224 e. The number of ketones is 1. The molecule has 6 rings (SSSR count). The van der Waals surface area contributed by atoms with Crippen molar-refractivity contribution in [1.29, 1.82) is 0 Å². The fourth-order valence-electron chi connectivity index (χ4n) is 4.89. The van der Waals surface area contributed by atoms with Gasteiger partial charge in [-0.2, -0.15) is 0 Å². The maximum absolute atomic E-state index is 14.9. The number of aromatic nitrogens is 1. The first-order valence-corrected chi connectivity index (χ1v) is 11.3. The second kappa shape index (κ2) is 6.68. The number of rotatable bonds is 1. The Hall–Kier alpha value is -3.13. The first-order chi connectivity index (χ1) is 15.4. The van der Waals surface area contributed by atoms with Crippen LogP contribution in [0.25, 0.3) is 0 Å². The number of fused-ring (bicyclic) bond motifs is 3. The number of benzene rings is 2. The summed E-state index contributed by atoms with van der Waals surface area (Å²) in [6.07, 6.45) is 2.78. The molecule has 5 nitrogen and oxygen atoms in total. The normalized spacial score (nSPS) is 20.4. The molecular formula is C24H18F2N2O3S. The molecule has 1 N–H and O–H groups in total. The van der Waals surface area contributed by atoms with Gasteiger partial charge in [0.15, 0.2) is 28.9 Å². The number of hydrogen-bond donors (Lipinski definition) is 1. The van der Waals surface area contributed by atoms with Crippen LogP contribution in [-0.2, 0) is 5.75 Å². The number of carbonyl (C=O) groups is 1. The van der Waals surface area contributed by atoms with Crippen molar-refractivity contribution in [2.75, 3.05) is 11.6 Å². The van der Waals surface area contributed by atoms with E-state index in [-0.39, 0.29) is 22.8 Å². The molecule has 0 unspecified atom stereocenters. The molecule has 0 radical (unpaired) electrons. The van der Waals surface area contributed by atoms with E-state index in [9.17, 15) is 23.5 Å². The zero-order valence-electron chi connectivity index (χ0n) is 16.8. The monoisotopic (exact) mass is 452 g/mol. The van der Waals surface area contributed by atoms with E-state index in [1.807, 2.05) is 29.3 Å². The summed E-state index contributed by atoms with van der Waals surface area (Å²) < 4.78 is 30.6. The molecule has 2 aliphatic heterocycles. The van der Waals surface area contributed by atoms with Gasteiger partial charge >= 0.3 is 0 Å². The summed E-state index contributed by atoms with van der Waals surface area (Å²) in [7, 11) is 0. The Morgan fingerprint density at radius 3 is 2.59 bits per heavy atom. The number of Topliss-reactive ketones (excluding diaryl/α,β-unsaturated/α-hetero) is 1. The van der Waals surface area contributed by atoms with Crippen LogP contribution in [0.2, 0.25) is 0 Å². The van der Waals surface area contributed by atoms with Gasteiger partial charge in [-0.05, 0) is 36.1 Å². The standard InChI is InChI=1S/C24H18F2N2O3S/c25-16-6-5-13-15(19(16)26)11-32-18-4-2-1-3-14(18)20(13)28-12-24(8-9-24)23(31)21-22(30)17(29)7-10-27(21)28/h1-7,10,20,30H,8-9,11-12H2/t20-/m0/s1. The second-order valence-electron chi connectivity index (χ2n) is 8.59. The molecule has 3 aliphatic rings. The van der Waals surface area contributed by atoms with Gasteiger partial charge in [0.05, 0.1) is 11.5 Å². The summed E-state index contributed by atoms with van der Waals surface area (Å²) in [5, 5.41) is 12.4. The van der Waals surface area contributed by atoms with Gasteiger partial charge in [-0.15, -0.1) is 11.8 Å². The third-order valence-electron chi connectivity index (χ3n) is 6.76. The molecule has 1 aliphatic carbocycles. The largest absolute Gasteiger partial charge is 0.503 e. The van der Waals surface area contributed by atoms with Crippen molar-refractivity contribution in [3.63, 3.8) is 0 Å². The van der Waals surface area contributed by atoms with Crippen molar-refractivity contribution in [3.8, 4) is 5.75 Å². The average Bonchev–Trinajstić information content (AvgIpc) is 3.58. The topological polar surface area (TPSA) is 62.5 Å². The van der Waals surface area contributed by atoms with Gasteiger partial charge in [0, 0.05) is 35.0 Å². The predicted molar refractivity (Wildman–Crippen MR) is 116 cm³/mol. The lowest BCUT2D eigenvalue weighted by molar-refractivity contribution is 0.0856. The van der Waals surface area contributed by atoms with E-state index in [1.54, 1.807) is 6.07 Å². The lowest BCUT2D eigenvalue weighted by atomic mass is 9.89. The summed E-state index contributed by atoms with van der Waals surface area (Å²) in [4.78, 5) is 26.3. The lowest BCUT2D eigenvalue weighted by Crippen LogP contribution is -2.51. The predicted octanol–water partition coefficient (Wildman–Crippen LogP) is 4.14. The van der Waals surface area contributed by atoms with Crippen LogP contribution in [0.3, 0.4) is 0 Å². The van der Waals surface area contributed by atoms with Crippen molar-refractivity contribution < 1.29 is 18.7 Å². The Balaban J connectivity index is 1.65. The average molecular weight is 452 g/mol. The van der Waals surface area contributed by atoms with E-state index in [4.69, 9.17) is 0 Å². The fraction of sp³-hybridized carbons (Fsp3) is 0.250. The molecule has 162 valence electrons. The van der Waals surface area contributed by atoms with Crippen LogP contribution in [0.4, 0.5) is 8.78 Å². The molecule has 3 aromatic rings. The third kappa shape index (κ3) is 2.62. The molecule has 8 heteroatoms. The van der Waals surface area contributed by atoms with Crippen LogP contribution >= 0.6 is 11.8 Å². The van der Waals surface area contributed by atoms with Crippen LogP contribution in [-0.4, -0.2) is 22.1 Å². The van der Waals surface area contributed by atoms with E-state index in [2.05, 4.69) is 0 Å². The quantitative estimate of drug-likeness (QED) is 0.601. The van der Waals surface area contributed by atoms with Gasteiger partial charge in [-0.3, -0.25) is 19.3 Å². The number of hydrogen-bond acceptors (Lipinski definition) is 5. The van der Waals surface area contributed by atoms with Crippen molar-refractivity contribution >= 4 is 17.5 Å². The highest BCUT2D eigenvalue weighted by molar-refractivity contribution is 7.98. The molecule has 1 aromatic heterocycles. The second-order valence-corrected chi connectivity index (χ2v) is 9.60. The summed E-state index contributed by atoms with van der Waals surface area (Å²) in [5.74, 6) is -2.32. The number of thioether (sulfide) groups is 1. The highest BCUT2D eigenvalue weighted by Crippen LogP contribution is 2.54. The molecule has 2 aromatic carbocycles. The van der Waals surface area contributed by atoms with Gasteiger partial charge in [-0.1, -0.05) is 24.3 Å². The molecule has 0 saturated heterocycles. The van der Waals surface area contributed by atoms with Crippen molar-refractivity contribution in [1.82, 2.24) is 4.68 Å². The number of nitrogens with zero attached hydrogens (tertiary/aromatic N) is 2. The van der Waals surface area contributed by atoms with Crippen molar-refractivity contribution in [3.05, 3.63) is 92.9 Å². The Morgan fingerprint density at radius 1 is 1.03 bits per heavy atom. The van der Waals surface area contributed by atoms with E-state index in [0.29, 0.717) is 24.9 Å². The van der Waals surface area contributed by atoms with Gasteiger partial charge in [0.25, 0.3) is 0 Å². The van der Waals surface area contributed by atoms with Gasteiger partial charge in [-0.25, -0.2) is 8.78 Å². The highest BCUT2D eigenvalue weighted by atomic mass is 32.2. The van der Waals surface area contributed by atoms with Crippen molar-refractivity contribution in [2.45, 2.75) is 29.5 Å². The minimum atomic E-state index is -0.900. The molecule has 0 bridgehead atoms. The first-order valence-electron chi connectivity index (χ1n) is 10.4. The Labute approximate surface area is 186 Å². The first kappa shape index (κ1) is 19.5. The minimum absolute atomic E-state index is 0.0419. The molecule has 32 heavy (non-hydrogen) atoms. The molecular weight excluding hydrogens is 434 g/mol. The molecule has 1 saturated carbocycles. The van der Waals surface area contributed by atoms with E-state index in [0.717, 1.165) is 16.5 Å². The SMILES string of the molecule is O=C1c2c(O)c(=O)ccn2N([C@@H]2c3ccccc3SCc3c2ccc(F)c3F)CC12CC2. The lowest BCUT2D eigenvalue weighted by Gasteiger charge is -2.43. The van der Waals surface area contributed by atoms with Gasteiger partial charge < -0.3 is 5.11 Å². The maximum atomic E-state index is 14.9. The summed E-state index contributed by atoms with van der Waals surface area (Å²) in [6, 6.07) is 11.1. The Morgan fingerprint density at radius 2 is 1.81 bits per heavy atom. The molecule has 3 heterocycles. The van der Waals surface area contributed by atoms with Crippen LogP contribution in [0.15, 0.2) is 58.4 Å². The van der Waals surface area contributed by atoms with Gasteiger partial charge in [0.1, 0.15) is 0 Å². The van der Waals surface area contributed by atoms with Crippen LogP contribution in [0, 0.1) is 17.0 Å². The third-order valence-corrected chi connectivity index (χ3v) is 7.87. The van der Waals surface area contributed by atoms with Crippen LogP contribution < -0.4 is 10.4 Å². The van der Waals surface area contributed by atoms with Crippen molar-refractivity contribution in [2.24, 2.45) is 5.41 Å². The van der Waals surface area contributed by atoms with Gasteiger partial charge in [0.2, 0.25) is 5.43 Å². The van der Waals surface area contributed by atoms with Crippen LogP contribution in [0.5, 0.6) is 5.75 Å². The zero-order chi connectivity index (χ0) is 22.2. The number of pyridine rings is 1. The van der Waals surface area contributed by atoms with Crippen LogP contribution in [0.1, 0.15) is 46.1 Å². The van der Waals surface area contributed by atoms with E-state index >= 15 is 0 Å². The van der Waals surface area contributed by atoms with E-state index in [1.165, 1.54) is 28.7 Å². The molecule has 0 amide bonds. The summed E-state index contributed by atoms with van der Waals surface area (Å²) in [5.41, 5.74) is 0.447. The number of halogens is 2. The zero-order valence-corrected chi connectivity index (χ0v) is 17.7. The molecule has 1 atom stereocenters. The summed E-state index contributed by atoms with van der Waals surface area (Å²) >= 11 is 1.44. The Kier molecular flexibility index (Phi) is 4.08.